The quantitative estimate of drug-likeness (QED) is 0.664. The van der Waals surface area contributed by atoms with Crippen molar-refractivity contribution in [2.24, 2.45) is 0 Å². The van der Waals surface area contributed by atoms with Gasteiger partial charge < -0.3 is 10.6 Å². The van der Waals surface area contributed by atoms with Gasteiger partial charge in [-0.25, -0.2) is 0 Å². The highest BCUT2D eigenvalue weighted by Crippen LogP contribution is 2.42. The molecule has 3 unspecified atom stereocenters. The molecule has 1 aliphatic heterocycles. The maximum Gasteiger partial charge on any atom is 0.417 e. The predicted octanol–water partition coefficient (Wildman–Crippen LogP) is 4.94. The Labute approximate surface area is 174 Å². The molecule has 162 valence electrons. The standard InChI is InChI=1S/C21H16F6N4/c22-20(23,24)18-7-13(3-4-14(18)10-29)17-8-16(31-19(17)21(25,26)27)11-30-15-5-1-12(9-28)2-6-15/h1-7,16-17,19,30-31H,8,11H2. The minimum absolute atomic E-state index is 0.0450. The van der Waals surface area contributed by atoms with Crippen LogP contribution in [0.4, 0.5) is 32.0 Å². The third-order valence-electron chi connectivity index (χ3n) is 5.17. The lowest BCUT2D eigenvalue weighted by Gasteiger charge is -2.23. The van der Waals surface area contributed by atoms with Crippen molar-refractivity contribution in [3.8, 4) is 12.1 Å². The molecule has 31 heavy (non-hydrogen) atoms. The van der Waals surface area contributed by atoms with Crippen LogP contribution in [0.15, 0.2) is 42.5 Å². The zero-order valence-electron chi connectivity index (χ0n) is 15.8. The van der Waals surface area contributed by atoms with Gasteiger partial charge in [-0.2, -0.15) is 36.9 Å². The van der Waals surface area contributed by atoms with Crippen molar-refractivity contribution in [3.63, 3.8) is 0 Å². The van der Waals surface area contributed by atoms with Crippen LogP contribution in [0.25, 0.3) is 0 Å². The van der Waals surface area contributed by atoms with Gasteiger partial charge in [0.05, 0.1) is 28.8 Å². The first-order chi connectivity index (χ1) is 14.5. The van der Waals surface area contributed by atoms with Gasteiger partial charge in [0, 0.05) is 24.2 Å². The molecule has 0 saturated carbocycles. The highest BCUT2D eigenvalue weighted by atomic mass is 19.4. The third-order valence-corrected chi connectivity index (χ3v) is 5.17. The molecule has 1 saturated heterocycles. The second kappa shape index (κ2) is 8.48. The van der Waals surface area contributed by atoms with Crippen molar-refractivity contribution in [1.82, 2.24) is 5.32 Å². The second-order valence-corrected chi connectivity index (χ2v) is 7.21. The maximum absolute atomic E-state index is 13.6. The first kappa shape index (κ1) is 22.4. The normalized spacial score (nSPS) is 21.4. The minimum Gasteiger partial charge on any atom is -0.383 e. The number of hydrogen-bond donors (Lipinski definition) is 2. The van der Waals surface area contributed by atoms with Crippen LogP contribution in [-0.2, 0) is 6.18 Å². The predicted molar refractivity (Wildman–Crippen MR) is 99.9 cm³/mol. The van der Waals surface area contributed by atoms with E-state index in [4.69, 9.17) is 10.5 Å². The number of anilines is 1. The summed E-state index contributed by atoms with van der Waals surface area (Å²) in [5.74, 6) is -1.23. The van der Waals surface area contributed by atoms with Crippen molar-refractivity contribution in [3.05, 3.63) is 64.7 Å². The summed E-state index contributed by atoms with van der Waals surface area (Å²) in [6, 6.07) is 9.75. The van der Waals surface area contributed by atoms with Crippen molar-refractivity contribution in [2.75, 3.05) is 11.9 Å². The Hall–Kier alpha value is -3.24. The van der Waals surface area contributed by atoms with Gasteiger partial charge in [0.1, 0.15) is 6.04 Å². The number of alkyl halides is 6. The Morgan fingerprint density at radius 1 is 0.968 bits per heavy atom. The van der Waals surface area contributed by atoms with Crippen LogP contribution in [0.3, 0.4) is 0 Å². The van der Waals surface area contributed by atoms with E-state index in [-0.39, 0.29) is 18.5 Å². The summed E-state index contributed by atoms with van der Waals surface area (Å²) in [6.07, 6.45) is -9.56. The number of benzene rings is 2. The third kappa shape index (κ3) is 5.09. The summed E-state index contributed by atoms with van der Waals surface area (Å²) in [4.78, 5) is 0. The average Bonchev–Trinajstić information content (AvgIpc) is 3.16. The average molecular weight is 438 g/mol. The van der Waals surface area contributed by atoms with Gasteiger partial charge >= 0.3 is 12.4 Å². The summed E-state index contributed by atoms with van der Waals surface area (Å²) in [7, 11) is 0. The molecule has 2 aromatic rings. The van der Waals surface area contributed by atoms with Crippen LogP contribution in [0.5, 0.6) is 0 Å². The molecule has 10 heteroatoms. The largest absolute Gasteiger partial charge is 0.417 e. The Morgan fingerprint density at radius 3 is 2.19 bits per heavy atom. The lowest BCUT2D eigenvalue weighted by Crippen LogP contribution is -2.44. The van der Waals surface area contributed by atoms with Crippen LogP contribution >= 0.6 is 0 Å². The van der Waals surface area contributed by atoms with Gasteiger partial charge in [-0.1, -0.05) is 6.07 Å². The van der Waals surface area contributed by atoms with Gasteiger partial charge in [0.15, 0.2) is 0 Å². The number of nitriles is 2. The Bertz CT molecular complexity index is 1010. The summed E-state index contributed by atoms with van der Waals surface area (Å²) in [6.45, 7) is 0.109. The Morgan fingerprint density at radius 2 is 1.65 bits per heavy atom. The monoisotopic (exact) mass is 438 g/mol. The molecule has 3 atom stereocenters. The van der Waals surface area contributed by atoms with Crippen LogP contribution in [-0.4, -0.2) is 24.8 Å². The van der Waals surface area contributed by atoms with Crippen LogP contribution in [0.1, 0.15) is 34.6 Å². The lowest BCUT2D eigenvalue weighted by atomic mass is 9.88. The van der Waals surface area contributed by atoms with E-state index in [2.05, 4.69) is 10.6 Å². The molecule has 0 aromatic heterocycles. The highest BCUT2D eigenvalue weighted by Gasteiger charge is 2.50. The molecule has 2 aromatic carbocycles. The van der Waals surface area contributed by atoms with E-state index in [1.807, 2.05) is 6.07 Å². The Kier molecular flexibility index (Phi) is 6.14. The van der Waals surface area contributed by atoms with Crippen LogP contribution in [0, 0.1) is 22.7 Å². The van der Waals surface area contributed by atoms with E-state index in [0.717, 1.165) is 12.1 Å². The molecular weight excluding hydrogens is 422 g/mol. The molecule has 0 spiro atoms. The number of rotatable bonds is 4. The zero-order chi connectivity index (χ0) is 22.8. The smallest absolute Gasteiger partial charge is 0.383 e. The first-order valence-electron chi connectivity index (χ1n) is 9.21. The molecule has 0 aliphatic carbocycles. The summed E-state index contributed by atoms with van der Waals surface area (Å²) < 4.78 is 80.6. The van der Waals surface area contributed by atoms with Crippen molar-refractivity contribution >= 4 is 5.69 Å². The lowest BCUT2D eigenvalue weighted by molar-refractivity contribution is -0.155. The SMILES string of the molecule is N#Cc1ccc(NCC2CC(c3ccc(C#N)c(C(F)(F)F)c3)C(C(F)(F)F)N2)cc1. The number of nitrogens with zero attached hydrogens (tertiary/aromatic N) is 2. The van der Waals surface area contributed by atoms with Crippen LogP contribution < -0.4 is 10.6 Å². The zero-order valence-corrected chi connectivity index (χ0v) is 15.8. The highest BCUT2D eigenvalue weighted by molar-refractivity contribution is 5.47. The minimum atomic E-state index is -4.85. The fourth-order valence-electron chi connectivity index (χ4n) is 3.70. The molecule has 1 aliphatic rings. The van der Waals surface area contributed by atoms with Gasteiger partial charge in [-0.05, 0) is 48.4 Å². The fraction of sp³-hybridized carbons (Fsp3) is 0.333. The molecule has 0 bridgehead atoms. The summed E-state index contributed by atoms with van der Waals surface area (Å²) >= 11 is 0. The summed E-state index contributed by atoms with van der Waals surface area (Å²) in [5.41, 5.74) is -0.965. The first-order valence-corrected chi connectivity index (χ1v) is 9.21. The second-order valence-electron chi connectivity index (χ2n) is 7.21. The molecule has 0 radical (unpaired) electrons. The molecule has 1 fully saturated rings. The topological polar surface area (TPSA) is 71.6 Å². The fourth-order valence-corrected chi connectivity index (χ4v) is 3.70. The number of halogens is 6. The van der Waals surface area contributed by atoms with Crippen LogP contribution in [0.2, 0.25) is 0 Å². The van der Waals surface area contributed by atoms with Crippen molar-refractivity contribution in [2.45, 2.75) is 36.8 Å². The molecular formula is C21H16F6N4. The van der Waals surface area contributed by atoms with Crippen molar-refractivity contribution < 1.29 is 26.3 Å². The molecule has 3 rings (SSSR count). The van der Waals surface area contributed by atoms with E-state index < -0.39 is 41.5 Å². The molecule has 4 nitrogen and oxygen atoms in total. The maximum atomic E-state index is 13.6. The summed E-state index contributed by atoms with van der Waals surface area (Å²) in [5, 5.41) is 23.2. The van der Waals surface area contributed by atoms with E-state index >= 15 is 0 Å². The van der Waals surface area contributed by atoms with Crippen molar-refractivity contribution in [1.29, 1.82) is 10.5 Å². The Balaban J connectivity index is 1.82. The molecule has 1 heterocycles. The number of hydrogen-bond acceptors (Lipinski definition) is 4. The van der Waals surface area contributed by atoms with Gasteiger partial charge in [0.2, 0.25) is 0 Å². The number of nitrogens with one attached hydrogen (secondary N) is 2. The van der Waals surface area contributed by atoms with E-state index in [1.165, 1.54) is 6.07 Å². The van der Waals surface area contributed by atoms with Gasteiger partial charge in [0.25, 0.3) is 0 Å². The van der Waals surface area contributed by atoms with Gasteiger partial charge in [-0.3, -0.25) is 0 Å². The van der Waals surface area contributed by atoms with E-state index in [0.29, 0.717) is 17.3 Å². The van der Waals surface area contributed by atoms with E-state index in [1.54, 1.807) is 24.3 Å². The van der Waals surface area contributed by atoms with E-state index in [9.17, 15) is 26.3 Å². The molecule has 2 N–H and O–H groups in total. The van der Waals surface area contributed by atoms with Gasteiger partial charge in [-0.15, -0.1) is 0 Å². The molecule has 0 amide bonds.